The number of rotatable bonds is 10. The van der Waals surface area contributed by atoms with Crippen LogP contribution < -0.4 is 52.8 Å². The fourth-order valence-corrected chi connectivity index (χ4v) is 20.1. The van der Waals surface area contributed by atoms with Crippen LogP contribution in [0.1, 0.15) is 61.1 Å². The minimum absolute atomic E-state index is 0. The van der Waals surface area contributed by atoms with Crippen molar-refractivity contribution in [2.45, 2.75) is 74.3 Å². The van der Waals surface area contributed by atoms with Crippen LogP contribution in [0.25, 0.3) is 66.8 Å². The third-order valence-electron chi connectivity index (χ3n) is 16.0. The van der Waals surface area contributed by atoms with E-state index in [1.807, 2.05) is 0 Å². The van der Waals surface area contributed by atoms with Crippen molar-refractivity contribution in [2.75, 3.05) is 0 Å². The number of allylic oxidation sites excluding steroid dienone is 4. The second kappa shape index (κ2) is 23.4. The van der Waals surface area contributed by atoms with Crippen molar-refractivity contribution in [3.63, 3.8) is 0 Å². The van der Waals surface area contributed by atoms with Crippen molar-refractivity contribution in [1.82, 2.24) is 0 Å². The Balaban J connectivity index is 0.00000223. The molecule has 1 aliphatic carbocycles. The standard InChI is InChI=1S/C69H63Si.3ClH.Ti/c1-45-41-60(54-29-17-11-18-30-54)50(6)63(57-35-23-14-24-36-57)66(45)70(69(10)44-48(4)49(5)53(69)9,67-46(2)42-61(55-31-19-12-20-32-55)51(7)64(67)58-37-25-15-26-38-58)68-47(3)43-62(56-33-21-13-22-34-56)52(8)65(68)59-39-27-16-28-40-59;;;;/h11-43H,1-10H3;3*1H;/q-1;;;;+4/p-3. The van der Waals surface area contributed by atoms with Gasteiger partial charge in [-0.3, -0.25) is 6.08 Å². The van der Waals surface area contributed by atoms with E-state index < -0.39 is 13.1 Å². The molecule has 0 N–H and O–H groups in total. The molecule has 9 aromatic rings. The second-order valence-electron chi connectivity index (χ2n) is 19.9. The second-order valence-corrected chi connectivity index (χ2v) is 23.9. The smallest absolute Gasteiger partial charge is 1.00 e. The van der Waals surface area contributed by atoms with Gasteiger partial charge in [0, 0.05) is 0 Å². The maximum atomic E-state index is 4.49. The molecule has 0 bridgehead atoms. The molecule has 0 spiro atoms. The predicted molar refractivity (Wildman–Crippen MR) is 304 cm³/mol. The van der Waals surface area contributed by atoms with Gasteiger partial charge < -0.3 is 37.2 Å². The van der Waals surface area contributed by atoms with E-state index in [9.17, 15) is 0 Å². The van der Waals surface area contributed by atoms with Crippen LogP contribution in [0.3, 0.4) is 0 Å². The van der Waals surface area contributed by atoms with Crippen LogP contribution in [-0.4, -0.2) is 8.07 Å². The van der Waals surface area contributed by atoms with E-state index in [1.165, 1.54) is 132 Å². The summed E-state index contributed by atoms with van der Waals surface area (Å²) >= 11 is 0. The van der Waals surface area contributed by atoms with Gasteiger partial charge in [-0.25, -0.2) is 5.57 Å². The monoisotopic (exact) mass is 1070 g/mol. The van der Waals surface area contributed by atoms with Gasteiger partial charge in [-0.2, -0.15) is 11.1 Å². The Hall–Kier alpha value is -5.74. The summed E-state index contributed by atoms with van der Waals surface area (Å²) in [6.45, 7) is 24.2. The zero-order chi connectivity index (χ0) is 48.9. The first kappa shape index (κ1) is 57.5. The summed E-state index contributed by atoms with van der Waals surface area (Å²) in [7, 11) is -3.73. The average molecular weight is 1070 g/mol. The number of hydrogen-bond acceptors (Lipinski definition) is 0. The molecule has 0 amide bonds. The summed E-state index contributed by atoms with van der Waals surface area (Å²) in [6, 6.07) is 74.8. The maximum Gasteiger partial charge on any atom is 4.00 e. The SMILES string of the molecule is CC1=[C-]C(C)([Si](c2c(C)cc(-c3ccccc3)c(C)c2-c2ccccc2)(c2c(C)cc(-c3ccccc3)c(C)c2-c2ccccc2)c2c(C)cc(-c3ccccc3)c(C)c2-c2ccccc2)C(C)=C1C.[Cl-].[Cl-].[Cl-].[Ti+4]. The zero-order valence-corrected chi connectivity index (χ0v) is 49.0. The van der Waals surface area contributed by atoms with E-state index in [4.69, 9.17) is 0 Å². The molecule has 10 rings (SSSR count). The van der Waals surface area contributed by atoms with E-state index in [0.29, 0.717) is 0 Å². The zero-order valence-electron chi connectivity index (χ0n) is 44.2. The third kappa shape index (κ3) is 9.51. The van der Waals surface area contributed by atoms with Gasteiger partial charge in [0.15, 0.2) is 0 Å². The molecule has 5 heteroatoms. The molecule has 368 valence electrons. The molecule has 0 aromatic heterocycles. The molecular formula is C69H63Cl3SiTi. The number of hydrogen-bond donors (Lipinski definition) is 0. The number of aryl methyl sites for hydroxylation is 3. The van der Waals surface area contributed by atoms with Crippen molar-refractivity contribution in [3.8, 4) is 66.8 Å². The Morgan fingerprint density at radius 3 is 0.784 bits per heavy atom. The van der Waals surface area contributed by atoms with E-state index in [2.05, 4.69) is 276 Å². The van der Waals surface area contributed by atoms with Crippen LogP contribution in [-0.2, 0) is 21.7 Å². The molecule has 74 heavy (non-hydrogen) atoms. The van der Waals surface area contributed by atoms with Gasteiger partial charge in [0.2, 0.25) is 0 Å². The van der Waals surface area contributed by atoms with E-state index in [1.54, 1.807) is 0 Å². The molecule has 0 aliphatic heterocycles. The van der Waals surface area contributed by atoms with Gasteiger partial charge in [-0.05, 0) is 157 Å². The summed E-state index contributed by atoms with van der Waals surface area (Å²) in [6.07, 6.45) is 4.49. The molecule has 0 fully saturated rings. The Bertz CT molecular complexity index is 3170. The van der Waals surface area contributed by atoms with E-state index in [0.717, 1.165) is 0 Å². The van der Waals surface area contributed by atoms with Crippen molar-refractivity contribution < 1.29 is 58.9 Å². The Morgan fingerprint density at radius 2 is 0.568 bits per heavy atom. The molecule has 0 nitrogen and oxygen atoms in total. The molecular weight excluding hydrogens is 1010 g/mol. The summed E-state index contributed by atoms with van der Waals surface area (Å²) < 4.78 is 0. The quantitative estimate of drug-likeness (QED) is 0.0744. The average Bonchev–Trinajstić information content (AvgIpc) is 3.60. The summed E-state index contributed by atoms with van der Waals surface area (Å²) in [5.74, 6) is 0. The van der Waals surface area contributed by atoms with Crippen LogP contribution in [0.15, 0.2) is 217 Å². The summed E-state index contributed by atoms with van der Waals surface area (Å²) in [5, 5.41) is 3.77. The number of halogens is 3. The van der Waals surface area contributed by atoms with Crippen molar-refractivity contribution in [1.29, 1.82) is 0 Å². The molecule has 9 aromatic carbocycles. The third-order valence-corrected chi connectivity index (χ3v) is 22.2. The van der Waals surface area contributed by atoms with Crippen molar-refractivity contribution in [3.05, 3.63) is 256 Å². The van der Waals surface area contributed by atoms with E-state index in [-0.39, 0.29) is 58.9 Å². The molecule has 0 saturated heterocycles. The first-order valence-electron chi connectivity index (χ1n) is 24.9. The Morgan fingerprint density at radius 1 is 0.338 bits per heavy atom. The van der Waals surface area contributed by atoms with Gasteiger partial charge in [0.05, 0.1) is 0 Å². The molecule has 0 saturated carbocycles. The molecule has 1 unspecified atom stereocenters. The Labute approximate surface area is 476 Å². The largest absolute Gasteiger partial charge is 4.00 e. The molecule has 0 heterocycles. The van der Waals surface area contributed by atoms with Gasteiger partial charge in [0.25, 0.3) is 0 Å². The first-order chi connectivity index (χ1) is 33.9. The topological polar surface area (TPSA) is 0 Å². The normalized spacial score (nSPS) is 14.0. The Kier molecular flexibility index (Phi) is 18.2. The van der Waals surface area contributed by atoms with Gasteiger partial charge in [-0.15, -0.1) is 6.92 Å². The van der Waals surface area contributed by atoms with Crippen LogP contribution in [0.2, 0.25) is 5.04 Å². The van der Waals surface area contributed by atoms with Crippen LogP contribution in [0.4, 0.5) is 0 Å². The molecule has 0 radical (unpaired) electrons. The van der Waals surface area contributed by atoms with Crippen LogP contribution in [0.5, 0.6) is 0 Å². The minimum Gasteiger partial charge on any atom is -1.00 e. The number of benzene rings is 9. The van der Waals surface area contributed by atoms with Gasteiger partial charge >= 0.3 is 21.7 Å². The first-order valence-corrected chi connectivity index (χ1v) is 26.9. The van der Waals surface area contributed by atoms with Crippen LogP contribution in [0, 0.1) is 47.6 Å². The maximum absolute atomic E-state index is 4.49. The van der Waals surface area contributed by atoms with Crippen molar-refractivity contribution in [2.24, 2.45) is 0 Å². The summed E-state index contributed by atoms with van der Waals surface area (Å²) in [5.41, 5.74) is 27.0. The fraction of sp³-hybridized carbons (Fsp3) is 0.159. The predicted octanol–water partition coefficient (Wildman–Crippen LogP) is 7.88. The summed E-state index contributed by atoms with van der Waals surface area (Å²) in [4.78, 5) is 0. The van der Waals surface area contributed by atoms with E-state index >= 15 is 0 Å². The molecule has 1 aliphatic rings. The fourth-order valence-electron chi connectivity index (χ4n) is 12.6. The van der Waals surface area contributed by atoms with Gasteiger partial charge in [0.1, 0.15) is 8.07 Å². The minimum atomic E-state index is -3.73. The van der Waals surface area contributed by atoms with Crippen molar-refractivity contribution >= 4 is 23.6 Å². The van der Waals surface area contributed by atoms with Gasteiger partial charge in [-0.1, -0.05) is 226 Å². The molecule has 1 atom stereocenters. The van der Waals surface area contributed by atoms with Crippen LogP contribution >= 0.6 is 0 Å².